The molecule has 19 rings (SSSR count). The Hall–Kier alpha value is -12.3. The lowest BCUT2D eigenvalue weighted by atomic mass is 10.0. The fraction of sp³-hybridized carbons (Fsp3) is 0.406. The zero-order chi connectivity index (χ0) is 84.6. The van der Waals surface area contributed by atoms with Crippen molar-refractivity contribution >= 4 is 84.6 Å². The zero-order valence-corrected chi connectivity index (χ0v) is 70.7. The molecule has 123 heavy (non-hydrogen) atoms. The number of fused-ring (bicyclic) bond motifs is 6. The Bertz CT molecular complexity index is 5520. The highest BCUT2D eigenvalue weighted by atomic mass is 16.5. The molecule has 0 radical (unpaired) electrons. The van der Waals surface area contributed by atoms with E-state index in [2.05, 4.69) is 126 Å². The van der Waals surface area contributed by atoms with Crippen LogP contribution < -0.4 is 43.6 Å². The molecule has 7 aromatic carbocycles. The molecule has 27 heteroatoms. The summed E-state index contributed by atoms with van der Waals surface area (Å²) in [4.78, 5) is 92.6. The van der Waals surface area contributed by atoms with Gasteiger partial charge in [-0.25, -0.2) is 0 Å². The number of hydrogen-bond donors (Lipinski definition) is 3. The number of aromatic nitrogens is 6. The standard InChI is InChI=1S/C36H40N6O3.2C30H36N6O3/c1-2-34(44)40-16-18-41(19-17-40)35-31-13-15-42(33-21-29(43)20-28-10-6-7-11-30(28)33)24-32(31)37-36(38-35)45-25-27-12-14-39(23-27)22-26-8-4-3-5-9-26;1-3-28(38)34-13-15-35(16-14-34)29-25-10-12-36(27-18-23(37)17-21-7-4-5-9-24(21)27)19-26(25)31-30(32-29)39-20-22-8-6-11-33(22)2;1-3-28(38)34-12-14-35(15-13-34)29-25-9-11-36(27-17-23(37)16-22-6-4-5-7-24(22)27)19-26(25)31-30(32-29)39-20-21-8-10-33(2)18-21/h2-11,20-21,27,43H,1,12-19,22-25H2;3-5,7,9,17-18,22,37H,1,6,8,10-16,19-20H2,2H3;3-7,16-17,21,37H,1,8-15,18-20H2,2H3/t27-;22-;21-/m110/s1. The van der Waals surface area contributed by atoms with Crippen LogP contribution in [0.15, 0.2) is 177 Å². The van der Waals surface area contributed by atoms with Gasteiger partial charge in [0.05, 0.1) is 49.9 Å². The lowest BCUT2D eigenvalue weighted by Crippen LogP contribution is -2.49. The van der Waals surface area contributed by atoms with Crippen LogP contribution in [0.25, 0.3) is 32.3 Å². The number of likely N-dealkylation sites (tertiary alicyclic amines) is 3. The molecular weight excluding hydrogens is 1550 g/mol. The van der Waals surface area contributed by atoms with E-state index < -0.39 is 0 Å². The maximum atomic E-state index is 12.2. The summed E-state index contributed by atoms with van der Waals surface area (Å²) in [5.74, 6) is 4.33. The minimum atomic E-state index is -0.0322. The highest BCUT2D eigenvalue weighted by Crippen LogP contribution is 2.42. The van der Waals surface area contributed by atoms with Gasteiger partial charge in [0.2, 0.25) is 17.7 Å². The van der Waals surface area contributed by atoms with Gasteiger partial charge in [0, 0.05) is 204 Å². The largest absolute Gasteiger partial charge is 0.508 e. The predicted octanol–water partition coefficient (Wildman–Crippen LogP) is 10.9. The van der Waals surface area contributed by atoms with Gasteiger partial charge in [-0.05, 0) is 137 Å². The Morgan fingerprint density at radius 3 is 1.13 bits per heavy atom. The van der Waals surface area contributed by atoms with Crippen LogP contribution in [0.4, 0.5) is 34.5 Å². The number of carbonyl (C=O) groups is 3. The monoisotopic (exact) mass is 1660 g/mol. The van der Waals surface area contributed by atoms with E-state index in [-0.39, 0.29) is 35.0 Å². The molecule has 0 unspecified atom stereocenters. The number of likely N-dealkylation sites (N-methyl/N-ethyl adjacent to an activating group) is 1. The first-order valence-electron chi connectivity index (χ1n) is 43.6. The molecule has 0 spiro atoms. The Labute approximate surface area is 719 Å². The van der Waals surface area contributed by atoms with E-state index in [9.17, 15) is 29.7 Å². The van der Waals surface area contributed by atoms with Crippen LogP contribution in [0.5, 0.6) is 35.3 Å². The first-order chi connectivity index (χ1) is 60.0. The quantitative estimate of drug-likeness (QED) is 0.0599. The molecule has 3 aromatic heterocycles. The highest BCUT2D eigenvalue weighted by molar-refractivity contribution is 5.98. The van der Waals surface area contributed by atoms with Crippen molar-refractivity contribution in [1.82, 2.24) is 59.3 Å². The fourth-order valence-electron chi connectivity index (χ4n) is 19.1. The number of anilines is 6. The first-order valence-corrected chi connectivity index (χ1v) is 43.6. The van der Waals surface area contributed by atoms with Crippen molar-refractivity contribution in [2.75, 3.05) is 194 Å². The summed E-state index contributed by atoms with van der Waals surface area (Å²) in [5, 5.41) is 37.8. The highest BCUT2D eigenvalue weighted by Gasteiger charge is 2.36. The Morgan fingerprint density at radius 1 is 0.398 bits per heavy atom. The van der Waals surface area contributed by atoms with Crippen molar-refractivity contribution in [3.8, 4) is 35.3 Å². The van der Waals surface area contributed by atoms with Gasteiger partial charge in [-0.2, -0.15) is 29.9 Å². The van der Waals surface area contributed by atoms with Gasteiger partial charge in [0.1, 0.15) is 41.3 Å². The smallest absolute Gasteiger partial charge is 0.318 e. The SMILES string of the molecule is C=CC(=O)N1CCN(c2nc(OC[C@@H]3CCN(Cc4ccccc4)C3)nc3c2CCN(c2cc(O)cc4ccccc24)C3)CC1.C=CC(=O)N1CCN(c2nc(OC[C@H]3CCCN3C)nc3c2CCN(c2cc(O)cc4ccccc24)C3)CC1.C=CC(=O)N1CCN(c2nc(OC[C@H]3CCN(C)C3)nc3c2CCN(c2cc(O)cc4ccccc24)C3)CC1. The number of benzene rings is 7. The number of nitrogens with zero attached hydrogens (tertiary/aromatic N) is 18. The van der Waals surface area contributed by atoms with Gasteiger partial charge in [-0.3, -0.25) is 19.3 Å². The summed E-state index contributed by atoms with van der Waals surface area (Å²) in [6.07, 6.45) is 11.0. The van der Waals surface area contributed by atoms with Crippen molar-refractivity contribution in [3.05, 3.63) is 217 Å². The summed E-state index contributed by atoms with van der Waals surface area (Å²) in [5.41, 5.74) is 10.6. The van der Waals surface area contributed by atoms with Crippen LogP contribution in [0.1, 0.15) is 65.0 Å². The van der Waals surface area contributed by atoms with Gasteiger partial charge >= 0.3 is 18.0 Å². The van der Waals surface area contributed by atoms with Crippen molar-refractivity contribution in [1.29, 1.82) is 0 Å². The van der Waals surface area contributed by atoms with Gasteiger partial charge in [-0.15, -0.1) is 0 Å². The van der Waals surface area contributed by atoms with E-state index in [0.717, 1.165) is 198 Å². The fourth-order valence-corrected chi connectivity index (χ4v) is 19.1. The molecule has 6 fully saturated rings. The lowest BCUT2D eigenvalue weighted by molar-refractivity contribution is -0.127. The van der Waals surface area contributed by atoms with E-state index in [4.69, 9.17) is 44.1 Å². The van der Waals surface area contributed by atoms with Crippen molar-refractivity contribution in [3.63, 3.8) is 0 Å². The number of phenolic OH excluding ortho intramolecular Hbond substituents is 3. The molecule has 10 aromatic rings. The second-order valence-electron chi connectivity index (χ2n) is 33.9. The Morgan fingerprint density at radius 2 is 0.764 bits per heavy atom. The van der Waals surface area contributed by atoms with E-state index in [0.29, 0.717) is 154 Å². The minimum absolute atomic E-state index is 0.0288. The number of rotatable bonds is 20. The number of phenols is 3. The van der Waals surface area contributed by atoms with Crippen molar-refractivity contribution in [2.24, 2.45) is 11.8 Å². The molecule has 640 valence electrons. The summed E-state index contributed by atoms with van der Waals surface area (Å²) in [6, 6.07) is 47.7. The van der Waals surface area contributed by atoms with E-state index >= 15 is 0 Å². The third kappa shape index (κ3) is 19.0. The maximum absolute atomic E-state index is 12.2. The number of hydrogen-bond acceptors (Lipinski definition) is 24. The summed E-state index contributed by atoms with van der Waals surface area (Å²) >= 11 is 0. The van der Waals surface area contributed by atoms with Gasteiger partial charge in [0.25, 0.3) is 0 Å². The maximum Gasteiger partial charge on any atom is 0.318 e. The van der Waals surface area contributed by atoms with Gasteiger partial charge in [0.15, 0.2) is 0 Å². The third-order valence-electron chi connectivity index (χ3n) is 25.8. The average Bonchev–Trinajstić information content (AvgIpc) is 0.779. The molecule has 0 aliphatic carbocycles. The van der Waals surface area contributed by atoms with Crippen LogP contribution in [0.2, 0.25) is 0 Å². The number of amides is 3. The Kier molecular flexibility index (Phi) is 25.3. The average molecular weight is 1660 g/mol. The molecule has 6 saturated heterocycles. The second kappa shape index (κ2) is 37.6. The molecule has 3 atom stereocenters. The van der Waals surface area contributed by atoms with Gasteiger partial charge in [-0.1, -0.05) is 123 Å². The molecule has 27 nitrogen and oxygen atoms in total. The van der Waals surface area contributed by atoms with Crippen LogP contribution in [0, 0.1) is 11.8 Å². The molecule has 3 N–H and O–H groups in total. The number of carbonyl (C=O) groups excluding carboxylic acids is 3. The van der Waals surface area contributed by atoms with Crippen LogP contribution in [-0.2, 0) is 59.8 Å². The summed E-state index contributed by atoms with van der Waals surface area (Å²) in [6.45, 7) is 31.0. The van der Waals surface area contributed by atoms with Crippen molar-refractivity contribution in [2.45, 2.75) is 77.2 Å². The van der Waals surface area contributed by atoms with E-state index in [1.807, 2.05) is 93.6 Å². The van der Waals surface area contributed by atoms with E-state index in [1.165, 1.54) is 30.2 Å². The van der Waals surface area contributed by atoms with E-state index in [1.54, 1.807) is 12.1 Å². The van der Waals surface area contributed by atoms with Crippen LogP contribution in [0.3, 0.4) is 0 Å². The molecule has 9 aliphatic heterocycles. The summed E-state index contributed by atoms with van der Waals surface area (Å²) in [7, 11) is 4.28. The molecule has 12 heterocycles. The topological polar surface area (TPSA) is 256 Å². The zero-order valence-electron chi connectivity index (χ0n) is 70.7. The number of aromatic hydroxyl groups is 3. The predicted molar refractivity (Wildman–Crippen MR) is 482 cm³/mol. The minimum Gasteiger partial charge on any atom is -0.508 e. The third-order valence-corrected chi connectivity index (χ3v) is 25.8. The first kappa shape index (κ1) is 83.0. The normalized spacial score (nSPS) is 19.4. The number of piperazine rings is 3. The van der Waals surface area contributed by atoms with Crippen molar-refractivity contribution < 1.29 is 43.9 Å². The van der Waals surface area contributed by atoms with Gasteiger partial charge < -0.3 is 83.4 Å². The Balaban J connectivity index is 0.000000131. The molecular formula is C96H112N18O9. The molecule has 0 saturated carbocycles. The number of ether oxygens (including phenoxy) is 3. The second-order valence-corrected chi connectivity index (χ2v) is 33.9. The lowest BCUT2D eigenvalue weighted by Gasteiger charge is -2.38. The molecule has 3 amide bonds. The summed E-state index contributed by atoms with van der Waals surface area (Å²) < 4.78 is 18.9. The van der Waals surface area contributed by atoms with Crippen LogP contribution in [-0.4, -0.2) is 263 Å². The molecule has 0 bridgehead atoms. The van der Waals surface area contributed by atoms with Crippen LogP contribution >= 0.6 is 0 Å². The molecule has 9 aliphatic rings.